The Morgan fingerprint density at radius 3 is 2.55 bits per heavy atom. The first-order valence-electron chi connectivity index (χ1n) is 7.35. The molecular formula is C16H24N2O2. The van der Waals surface area contributed by atoms with E-state index in [1.165, 1.54) is 7.11 Å². The van der Waals surface area contributed by atoms with Gasteiger partial charge in [-0.1, -0.05) is 37.3 Å². The monoisotopic (exact) mass is 276 g/mol. The molecular weight excluding hydrogens is 252 g/mol. The minimum absolute atomic E-state index is 0.214. The van der Waals surface area contributed by atoms with E-state index in [1.807, 2.05) is 30.3 Å². The number of rotatable bonds is 5. The van der Waals surface area contributed by atoms with Crippen LogP contribution in [0.2, 0.25) is 0 Å². The van der Waals surface area contributed by atoms with Gasteiger partial charge < -0.3 is 9.64 Å². The van der Waals surface area contributed by atoms with Crippen LogP contribution in [-0.4, -0.2) is 43.7 Å². The normalized spacial score (nSPS) is 18.7. The summed E-state index contributed by atoms with van der Waals surface area (Å²) >= 11 is 0. The number of benzene rings is 1. The highest BCUT2D eigenvalue weighted by Gasteiger charge is 2.26. The van der Waals surface area contributed by atoms with Crippen LogP contribution in [0.5, 0.6) is 0 Å². The highest BCUT2D eigenvalue weighted by Crippen LogP contribution is 2.18. The number of methoxy groups -OCH3 is 1. The van der Waals surface area contributed by atoms with Crippen molar-refractivity contribution in [3.63, 3.8) is 0 Å². The molecule has 4 nitrogen and oxygen atoms in total. The van der Waals surface area contributed by atoms with E-state index in [0.29, 0.717) is 6.04 Å². The summed E-state index contributed by atoms with van der Waals surface area (Å²) in [5.41, 5.74) is 0.970. The van der Waals surface area contributed by atoms with Gasteiger partial charge in [0.05, 0.1) is 7.11 Å². The molecule has 1 saturated heterocycles. The quantitative estimate of drug-likeness (QED) is 0.835. The molecule has 1 aliphatic rings. The molecule has 1 aromatic carbocycles. The van der Waals surface area contributed by atoms with E-state index in [4.69, 9.17) is 4.74 Å². The SMILES string of the molecule is CCN1CCC(N[C@@H](C(=O)OC)c2ccccc2)CC1. The Kier molecular flexibility index (Phi) is 5.56. The molecule has 2 rings (SSSR count). The molecule has 0 amide bonds. The molecule has 0 aliphatic carbocycles. The molecule has 0 bridgehead atoms. The van der Waals surface area contributed by atoms with Gasteiger partial charge in [-0.15, -0.1) is 0 Å². The zero-order valence-electron chi connectivity index (χ0n) is 12.3. The van der Waals surface area contributed by atoms with Crippen LogP contribution in [0.25, 0.3) is 0 Å². The fraction of sp³-hybridized carbons (Fsp3) is 0.562. The molecule has 1 N–H and O–H groups in total. The molecule has 1 atom stereocenters. The van der Waals surface area contributed by atoms with E-state index in [0.717, 1.165) is 38.0 Å². The van der Waals surface area contributed by atoms with Gasteiger partial charge in [-0.25, -0.2) is 4.79 Å². The summed E-state index contributed by atoms with van der Waals surface area (Å²) in [7, 11) is 1.44. The molecule has 1 aliphatic heterocycles. The van der Waals surface area contributed by atoms with Crippen molar-refractivity contribution in [2.75, 3.05) is 26.7 Å². The van der Waals surface area contributed by atoms with E-state index in [2.05, 4.69) is 17.1 Å². The lowest BCUT2D eigenvalue weighted by Crippen LogP contribution is -2.45. The third-order valence-corrected chi connectivity index (χ3v) is 4.01. The first-order valence-corrected chi connectivity index (χ1v) is 7.35. The Hall–Kier alpha value is -1.39. The van der Waals surface area contributed by atoms with Gasteiger partial charge in [-0.05, 0) is 38.0 Å². The van der Waals surface area contributed by atoms with Crippen molar-refractivity contribution >= 4 is 5.97 Å². The van der Waals surface area contributed by atoms with Crippen LogP contribution in [0.1, 0.15) is 31.4 Å². The zero-order chi connectivity index (χ0) is 14.4. The maximum absolute atomic E-state index is 12.0. The van der Waals surface area contributed by atoms with E-state index < -0.39 is 0 Å². The number of hydrogen-bond acceptors (Lipinski definition) is 4. The van der Waals surface area contributed by atoms with Gasteiger partial charge in [0.1, 0.15) is 6.04 Å². The zero-order valence-corrected chi connectivity index (χ0v) is 12.3. The summed E-state index contributed by atoms with van der Waals surface area (Å²) < 4.78 is 4.94. The average molecular weight is 276 g/mol. The van der Waals surface area contributed by atoms with Crippen molar-refractivity contribution in [3.05, 3.63) is 35.9 Å². The van der Waals surface area contributed by atoms with Crippen LogP contribution in [0.4, 0.5) is 0 Å². The summed E-state index contributed by atoms with van der Waals surface area (Å²) in [6, 6.07) is 9.81. The molecule has 4 heteroatoms. The third-order valence-electron chi connectivity index (χ3n) is 4.01. The lowest BCUT2D eigenvalue weighted by atomic mass is 10.0. The maximum Gasteiger partial charge on any atom is 0.327 e. The van der Waals surface area contributed by atoms with Crippen LogP contribution >= 0.6 is 0 Å². The average Bonchev–Trinajstić information content (AvgIpc) is 2.53. The third kappa shape index (κ3) is 3.81. The molecule has 0 saturated carbocycles. The molecule has 0 unspecified atom stereocenters. The molecule has 110 valence electrons. The first-order chi connectivity index (χ1) is 9.74. The number of nitrogens with one attached hydrogen (secondary N) is 1. The number of ether oxygens (including phenoxy) is 1. The molecule has 0 aromatic heterocycles. The maximum atomic E-state index is 12.0. The molecule has 0 radical (unpaired) electrons. The number of nitrogens with zero attached hydrogens (tertiary/aromatic N) is 1. The fourth-order valence-electron chi connectivity index (χ4n) is 2.72. The topological polar surface area (TPSA) is 41.6 Å². The summed E-state index contributed by atoms with van der Waals surface area (Å²) in [5, 5.41) is 3.47. The minimum atomic E-state index is -0.362. The van der Waals surface area contributed by atoms with Crippen LogP contribution < -0.4 is 5.32 Å². The highest BCUT2D eigenvalue weighted by molar-refractivity contribution is 5.77. The van der Waals surface area contributed by atoms with Crippen LogP contribution in [0, 0.1) is 0 Å². The van der Waals surface area contributed by atoms with E-state index in [9.17, 15) is 4.79 Å². The predicted octanol–water partition coefficient (Wildman–Crippen LogP) is 1.97. The lowest BCUT2D eigenvalue weighted by molar-refractivity contribution is -0.143. The smallest absolute Gasteiger partial charge is 0.327 e. The van der Waals surface area contributed by atoms with Gasteiger partial charge in [0.25, 0.3) is 0 Å². The second-order valence-electron chi connectivity index (χ2n) is 5.24. The molecule has 1 aromatic rings. The Morgan fingerprint density at radius 2 is 2.00 bits per heavy atom. The Morgan fingerprint density at radius 1 is 1.35 bits per heavy atom. The predicted molar refractivity (Wildman–Crippen MR) is 79.5 cm³/mol. The van der Waals surface area contributed by atoms with Gasteiger partial charge in [0.2, 0.25) is 0 Å². The number of likely N-dealkylation sites (tertiary alicyclic amines) is 1. The van der Waals surface area contributed by atoms with Gasteiger partial charge in [0, 0.05) is 6.04 Å². The second kappa shape index (κ2) is 7.41. The highest BCUT2D eigenvalue weighted by atomic mass is 16.5. The van der Waals surface area contributed by atoms with Crippen LogP contribution in [0.3, 0.4) is 0 Å². The Balaban J connectivity index is 2.00. The lowest BCUT2D eigenvalue weighted by Gasteiger charge is -2.33. The van der Waals surface area contributed by atoms with Gasteiger partial charge in [-0.2, -0.15) is 0 Å². The number of piperidine rings is 1. The minimum Gasteiger partial charge on any atom is -0.468 e. The van der Waals surface area contributed by atoms with Crippen molar-refractivity contribution < 1.29 is 9.53 Å². The number of hydrogen-bond donors (Lipinski definition) is 1. The Bertz CT molecular complexity index is 414. The number of carbonyl (C=O) groups excluding carboxylic acids is 1. The Labute approximate surface area is 121 Å². The molecule has 1 heterocycles. The summed E-state index contributed by atoms with van der Waals surface area (Å²) in [6.07, 6.45) is 2.16. The number of carbonyl (C=O) groups is 1. The van der Waals surface area contributed by atoms with Gasteiger partial charge in [-0.3, -0.25) is 5.32 Å². The standard InChI is InChI=1S/C16H24N2O2/c1-3-18-11-9-14(10-12-18)17-15(16(19)20-2)13-7-5-4-6-8-13/h4-8,14-15,17H,3,9-12H2,1-2H3/t15-/m1/s1. The van der Waals surface area contributed by atoms with E-state index in [1.54, 1.807) is 0 Å². The van der Waals surface area contributed by atoms with Crippen LogP contribution in [-0.2, 0) is 9.53 Å². The summed E-state index contributed by atoms with van der Waals surface area (Å²) in [4.78, 5) is 14.4. The molecule has 1 fully saturated rings. The van der Waals surface area contributed by atoms with Crippen molar-refractivity contribution in [1.82, 2.24) is 10.2 Å². The van der Waals surface area contributed by atoms with Gasteiger partial charge in [0.15, 0.2) is 0 Å². The second-order valence-corrected chi connectivity index (χ2v) is 5.24. The summed E-state index contributed by atoms with van der Waals surface area (Å²) in [5.74, 6) is -0.214. The first kappa shape index (κ1) is 15.0. The van der Waals surface area contributed by atoms with Crippen molar-refractivity contribution in [3.8, 4) is 0 Å². The van der Waals surface area contributed by atoms with Crippen molar-refractivity contribution in [1.29, 1.82) is 0 Å². The fourth-order valence-corrected chi connectivity index (χ4v) is 2.72. The van der Waals surface area contributed by atoms with Crippen molar-refractivity contribution in [2.24, 2.45) is 0 Å². The summed E-state index contributed by atoms with van der Waals surface area (Å²) in [6.45, 7) is 5.48. The van der Waals surface area contributed by atoms with Gasteiger partial charge >= 0.3 is 5.97 Å². The van der Waals surface area contributed by atoms with E-state index in [-0.39, 0.29) is 12.0 Å². The van der Waals surface area contributed by atoms with Crippen LogP contribution in [0.15, 0.2) is 30.3 Å². The van der Waals surface area contributed by atoms with Crippen molar-refractivity contribution in [2.45, 2.75) is 31.8 Å². The number of esters is 1. The molecule has 20 heavy (non-hydrogen) atoms. The van der Waals surface area contributed by atoms with E-state index >= 15 is 0 Å². The molecule has 0 spiro atoms. The largest absolute Gasteiger partial charge is 0.468 e.